The number of aromatic nitrogens is 8. The minimum absolute atomic E-state index is 0.701. The van der Waals surface area contributed by atoms with Crippen LogP contribution in [-0.2, 0) is 13.1 Å². The molecule has 7 aromatic rings. The van der Waals surface area contributed by atoms with Crippen molar-refractivity contribution in [1.29, 1.82) is 0 Å². The van der Waals surface area contributed by atoms with Gasteiger partial charge in [0.25, 0.3) is 12.7 Å². The molecule has 0 atom stereocenters. The number of rotatable bonds is 6. The summed E-state index contributed by atoms with van der Waals surface area (Å²) < 4.78 is 8.24. The minimum Gasteiger partial charge on any atom is -0.257 e. The molecule has 1 aromatic carbocycles. The zero-order chi connectivity index (χ0) is 25.3. The van der Waals surface area contributed by atoms with Crippen LogP contribution < -0.4 is 9.13 Å². The smallest absolute Gasteiger partial charge is 0.250 e. The summed E-state index contributed by atoms with van der Waals surface area (Å²) in [6, 6.07) is 24.4. The van der Waals surface area contributed by atoms with Crippen molar-refractivity contribution in [3.8, 4) is 11.6 Å². The normalized spacial score (nSPS) is 11.4. The summed E-state index contributed by atoms with van der Waals surface area (Å²) in [5, 5.41) is 2.11. The molecule has 0 amide bonds. The Hall–Kier alpha value is -5.24. The van der Waals surface area contributed by atoms with Crippen LogP contribution in [0.2, 0.25) is 0 Å². The number of imidazole rings is 2. The van der Waals surface area contributed by atoms with E-state index in [1.165, 1.54) is 0 Å². The molecule has 0 aliphatic rings. The lowest BCUT2D eigenvalue weighted by molar-refractivity contribution is -0.688. The number of fused-ring (bicyclic) bond motifs is 3. The third-order valence-corrected chi connectivity index (χ3v) is 6.54. The van der Waals surface area contributed by atoms with Crippen molar-refractivity contribution in [1.82, 2.24) is 29.1 Å². The average Bonchev–Trinajstić information content (AvgIpc) is 3.63. The van der Waals surface area contributed by atoms with Crippen LogP contribution in [0.1, 0.15) is 11.4 Å². The molecule has 8 nitrogen and oxygen atoms in total. The molecular formula is C30H24N8+2. The fourth-order valence-corrected chi connectivity index (χ4v) is 4.64. The first kappa shape index (κ1) is 22.0. The molecule has 6 aromatic heterocycles. The second-order valence-electron chi connectivity index (χ2n) is 9.18. The van der Waals surface area contributed by atoms with Crippen LogP contribution >= 0.6 is 0 Å². The summed E-state index contributed by atoms with van der Waals surface area (Å²) in [6.07, 6.45) is 15.8. The van der Waals surface area contributed by atoms with E-state index in [0.29, 0.717) is 13.1 Å². The Morgan fingerprint density at radius 3 is 1.47 bits per heavy atom. The maximum Gasteiger partial charge on any atom is 0.250 e. The molecule has 182 valence electrons. The quantitative estimate of drug-likeness (QED) is 0.259. The standard InChI is InChI=1S/C30H24N8/c1-3-13-31-25(5-1)19-35-15-17-37(21-35)27-11-9-23-7-8-24-10-12-28(34-30(24)29(23)33-27)38-18-16-36(22-38)20-26-6-2-4-14-32-26/h1-18,21-22H,19-20H2/q+2. The molecule has 0 spiro atoms. The van der Waals surface area contributed by atoms with Gasteiger partial charge < -0.3 is 0 Å². The lowest BCUT2D eigenvalue weighted by atomic mass is 10.1. The van der Waals surface area contributed by atoms with Gasteiger partial charge in [0.1, 0.15) is 48.9 Å². The maximum absolute atomic E-state index is 5.04. The second kappa shape index (κ2) is 9.33. The van der Waals surface area contributed by atoms with Crippen LogP contribution in [0.25, 0.3) is 33.4 Å². The highest BCUT2D eigenvalue weighted by molar-refractivity contribution is 6.03. The molecule has 0 unspecified atom stereocenters. The molecule has 8 heteroatoms. The summed E-state index contributed by atoms with van der Waals surface area (Å²) in [7, 11) is 0. The van der Waals surface area contributed by atoms with Gasteiger partial charge in [0.2, 0.25) is 11.6 Å². The summed E-state index contributed by atoms with van der Waals surface area (Å²) in [5.74, 6) is 1.68. The van der Waals surface area contributed by atoms with Gasteiger partial charge in [0.15, 0.2) is 0 Å². The number of hydrogen-bond acceptors (Lipinski definition) is 4. The van der Waals surface area contributed by atoms with Crippen molar-refractivity contribution in [2.45, 2.75) is 13.1 Å². The van der Waals surface area contributed by atoms with E-state index in [-0.39, 0.29) is 0 Å². The molecule has 38 heavy (non-hydrogen) atoms. The summed E-state index contributed by atoms with van der Waals surface area (Å²) in [6.45, 7) is 1.40. The molecule has 0 fully saturated rings. The van der Waals surface area contributed by atoms with Gasteiger partial charge in [-0.15, -0.1) is 0 Å². The van der Waals surface area contributed by atoms with Crippen molar-refractivity contribution in [3.63, 3.8) is 0 Å². The Kier molecular flexibility index (Phi) is 5.40. The van der Waals surface area contributed by atoms with E-state index in [4.69, 9.17) is 9.97 Å². The topological polar surface area (TPSA) is 69.2 Å². The molecule has 6 heterocycles. The van der Waals surface area contributed by atoms with E-state index in [9.17, 15) is 0 Å². The van der Waals surface area contributed by atoms with Crippen molar-refractivity contribution >= 4 is 21.8 Å². The van der Waals surface area contributed by atoms with Gasteiger partial charge in [-0.3, -0.25) is 9.97 Å². The Morgan fingerprint density at radius 1 is 0.553 bits per heavy atom. The van der Waals surface area contributed by atoms with Crippen LogP contribution in [0, 0.1) is 0 Å². The van der Waals surface area contributed by atoms with Gasteiger partial charge in [-0.1, -0.05) is 24.3 Å². The van der Waals surface area contributed by atoms with Gasteiger partial charge in [0.05, 0.1) is 11.4 Å². The van der Waals surface area contributed by atoms with Crippen LogP contribution in [0.15, 0.2) is 123 Å². The molecule has 0 saturated carbocycles. The third-order valence-electron chi connectivity index (χ3n) is 6.54. The third kappa shape index (κ3) is 4.28. The van der Waals surface area contributed by atoms with Crippen LogP contribution in [-0.4, -0.2) is 29.1 Å². The highest BCUT2D eigenvalue weighted by atomic mass is 15.2. The molecule has 0 aliphatic carbocycles. The first-order chi connectivity index (χ1) is 18.8. The molecule has 0 N–H and O–H groups in total. The number of benzene rings is 1. The van der Waals surface area contributed by atoms with Crippen LogP contribution in [0.3, 0.4) is 0 Å². The Bertz CT molecular complexity index is 1730. The first-order valence-corrected chi connectivity index (χ1v) is 12.4. The molecule has 0 radical (unpaired) electrons. The predicted octanol–water partition coefficient (Wildman–Crippen LogP) is 3.83. The summed E-state index contributed by atoms with van der Waals surface area (Å²) in [5.41, 5.74) is 3.77. The Labute approximate surface area is 218 Å². The van der Waals surface area contributed by atoms with Crippen molar-refractivity contribution in [2.24, 2.45) is 0 Å². The molecule has 0 saturated heterocycles. The number of nitrogens with zero attached hydrogens (tertiary/aromatic N) is 8. The fourth-order valence-electron chi connectivity index (χ4n) is 4.64. The summed E-state index contributed by atoms with van der Waals surface area (Å²) in [4.78, 5) is 18.9. The monoisotopic (exact) mass is 496 g/mol. The Morgan fingerprint density at radius 2 is 1.03 bits per heavy atom. The zero-order valence-electron chi connectivity index (χ0n) is 20.5. The van der Waals surface area contributed by atoms with E-state index in [2.05, 4.69) is 43.4 Å². The highest BCUT2D eigenvalue weighted by Gasteiger charge is 2.14. The van der Waals surface area contributed by atoms with E-state index >= 15 is 0 Å². The van der Waals surface area contributed by atoms with E-state index in [0.717, 1.165) is 44.8 Å². The van der Waals surface area contributed by atoms with E-state index in [1.807, 2.05) is 108 Å². The first-order valence-electron chi connectivity index (χ1n) is 12.4. The SMILES string of the molecule is c1ccc(C[n+]2ccn(-c3ccc4ccc5ccc(-n6cc[n+](Cc7ccccn7)c6)nc5c4n3)c2)nc1. The molecular weight excluding hydrogens is 472 g/mol. The summed E-state index contributed by atoms with van der Waals surface area (Å²) >= 11 is 0. The van der Waals surface area contributed by atoms with Gasteiger partial charge >= 0.3 is 0 Å². The highest BCUT2D eigenvalue weighted by Crippen LogP contribution is 2.24. The molecule has 0 bridgehead atoms. The van der Waals surface area contributed by atoms with Gasteiger partial charge in [-0.2, -0.15) is 9.13 Å². The van der Waals surface area contributed by atoms with Crippen LogP contribution in [0.4, 0.5) is 0 Å². The van der Waals surface area contributed by atoms with E-state index < -0.39 is 0 Å². The predicted molar refractivity (Wildman–Crippen MR) is 143 cm³/mol. The van der Waals surface area contributed by atoms with Crippen LogP contribution in [0.5, 0.6) is 0 Å². The van der Waals surface area contributed by atoms with E-state index in [1.54, 1.807) is 0 Å². The van der Waals surface area contributed by atoms with Gasteiger partial charge in [-0.05, 0) is 36.4 Å². The largest absolute Gasteiger partial charge is 0.257 e. The fraction of sp³-hybridized carbons (Fsp3) is 0.0667. The molecule has 7 rings (SSSR count). The number of pyridine rings is 4. The lowest BCUT2D eigenvalue weighted by Crippen LogP contribution is -2.32. The molecule has 0 aliphatic heterocycles. The second-order valence-corrected chi connectivity index (χ2v) is 9.18. The maximum atomic E-state index is 5.04. The van der Waals surface area contributed by atoms with Gasteiger partial charge in [0, 0.05) is 35.3 Å². The minimum atomic E-state index is 0.701. The lowest BCUT2D eigenvalue weighted by Gasteiger charge is -2.05. The Balaban J connectivity index is 1.23. The van der Waals surface area contributed by atoms with Crippen molar-refractivity contribution < 1.29 is 9.13 Å². The van der Waals surface area contributed by atoms with Crippen molar-refractivity contribution in [3.05, 3.63) is 134 Å². The average molecular weight is 497 g/mol. The van der Waals surface area contributed by atoms with Crippen molar-refractivity contribution in [2.75, 3.05) is 0 Å². The zero-order valence-corrected chi connectivity index (χ0v) is 20.5. The number of hydrogen-bond donors (Lipinski definition) is 0. The van der Waals surface area contributed by atoms with Gasteiger partial charge in [-0.25, -0.2) is 19.1 Å².